The van der Waals surface area contributed by atoms with E-state index in [2.05, 4.69) is 11.4 Å². The molecule has 1 N–H and O–H groups in total. The molecule has 1 rings (SSSR count). The number of hydrogen-bond acceptors (Lipinski definition) is 4. The summed E-state index contributed by atoms with van der Waals surface area (Å²) in [5.74, 6) is 0. The molecule has 1 aliphatic rings. The summed E-state index contributed by atoms with van der Waals surface area (Å²) in [4.78, 5) is 0. The second-order valence-corrected chi connectivity index (χ2v) is 5.60. The topological polar surface area (TPSA) is 54.3 Å². The molecule has 2 atom stereocenters. The van der Waals surface area contributed by atoms with Crippen LogP contribution in [0.15, 0.2) is 0 Å². The Morgan fingerprint density at radius 2 is 2.18 bits per heavy atom. The van der Waals surface area contributed by atoms with E-state index >= 15 is 0 Å². The van der Waals surface area contributed by atoms with Crippen molar-refractivity contribution in [3.8, 4) is 6.07 Å². The third-order valence-corrected chi connectivity index (χ3v) is 3.32. The van der Waals surface area contributed by atoms with E-state index in [-0.39, 0.29) is 11.7 Å². The van der Waals surface area contributed by atoms with Crippen molar-refractivity contribution in [1.82, 2.24) is 5.32 Å². The van der Waals surface area contributed by atoms with Crippen LogP contribution >= 0.6 is 0 Å². The molecular formula is C13H24N2O2. The van der Waals surface area contributed by atoms with Crippen LogP contribution in [0.4, 0.5) is 0 Å². The van der Waals surface area contributed by atoms with Gasteiger partial charge in [0.2, 0.25) is 0 Å². The Morgan fingerprint density at radius 1 is 1.47 bits per heavy atom. The zero-order chi connectivity index (χ0) is 12.9. The Kier molecular flexibility index (Phi) is 4.93. The average Bonchev–Trinajstić information content (AvgIpc) is 2.79. The van der Waals surface area contributed by atoms with E-state index in [9.17, 15) is 5.26 Å². The van der Waals surface area contributed by atoms with Crippen LogP contribution < -0.4 is 5.32 Å². The fourth-order valence-electron chi connectivity index (χ4n) is 2.21. The summed E-state index contributed by atoms with van der Waals surface area (Å²) in [5, 5.41) is 12.6. The number of hydrogen-bond donors (Lipinski definition) is 1. The standard InChI is InChI=1S/C13H24N2O2/c1-12(2,16-4)9-13(3,10-14)15-8-11-6-5-7-17-11/h11,15H,5-9H2,1-4H3. The molecule has 1 saturated heterocycles. The van der Waals surface area contributed by atoms with E-state index in [0.29, 0.717) is 6.42 Å². The molecule has 2 unspecified atom stereocenters. The first-order chi connectivity index (χ1) is 7.91. The maximum absolute atomic E-state index is 9.31. The summed E-state index contributed by atoms with van der Waals surface area (Å²) in [6.07, 6.45) is 3.12. The first-order valence-electron chi connectivity index (χ1n) is 6.24. The number of nitrogens with zero attached hydrogens (tertiary/aromatic N) is 1. The van der Waals surface area contributed by atoms with Gasteiger partial charge in [0.25, 0.3) is 0 Å². The highest BCUT2D eigenvalue weighted by Gasteiger charge is 2.33. The molecule has 98 valence electrons. The lowest BCUT2D eigenvalue weighted by molar-refractivity contribution is -0.000772. The Morgan fingerprint density at radius 3 is 2.65 bits per heavy atom. The van der Waals surface area contributed by atoms with Crippen molar-refractivity contribution in [2.45, 2.75) is 57.3 Å². The van der Waals surface area contributed by atoms with Crippen molar-refractivity contribution in [2.24, 2.45) is 0 Å². The SMILES string of the molecule is COC(C)(C)CC(C)(C#N)NCC1CCCO1. The highest BCUT2D eigenvalue weighted by atomic mass is 16.5. The Hall–Kier alpha value is -0.630. The number of methoxy groups -OCH3 is 1. The van der Waals surface area contributed by atoms with Gasteiger partial charge >= 0.3 is 0 Å². The van der Waals surface area contributed by atoms with Crippen LogP contribution in [0.5, 0.6) is 0 Å². The number of nitriles is 1. The molecule has 0 aromatic heterocycles. The normalized spacial score (nSPS) is 24.3. The first-order valence-corrected chi connectivity index (χ1v) is 6.24. The second kappa shape index (κ2) is 5.81. The molecule has 0 aromatic rings. The second-order valence-electron chi connectivity index (χ2n) is 5.60. The average molecular weight is 240 g/mol. The third kappa shape index (κ3) is 4.63. The van der Waals surface area contributed by atoms with Gasteiger partial charge in [-0.2, -0.15) is 5.26 Å². The van der Waals surface area contributed by atoms with Gasteiger partial charge < -0.3 is 9.47 Å². The van der Waals surface area contributed by atoms with Gasteiger partial charge in [0, 0.05) is 26.7 Å². The minimum absolute atomic E-state index is 0.258. The minimum atomic E-state index is -0.564. The monoisotopic (exact) mass is 240 g/mol. The van der Waals surface area contributed by atoms with Gasteiger partial charge in [0.15, 0.2) is 0 Å². The third-order valence-electron chi connectivity index (χ3n) is 3.32. The molecule has 1 fully saturated rings. The van der Waals surface area contributed by atoms with Crippen molar-refractivity contribution in [3.63, 3.8) is 0 Å². The van der Waals surface area contributed by atoms with E-state index in [1.807, 2.05) is 20.8 Å². The van der Waals surface area contributed by atoms with Gasteiger partial charge in [-0.15, -0.1) is 0 Å². The van der Waals surface area contributed by atoms with Gasteiger partial charge in [0.1, 0.15) is 5.54 Å². The maximum Gasteiger partial charge on any atom is 0.106 e. The van der Waals surface area contributed by atoms with Crippen LogP contribution in [0, 0.1) is 11.3 Å². The van der Waals surface area contributed by atoms with Crippen molar-refractivity contribution < 1.29 is 9.47 Å². The highest BCUT2D eigenvalue weighted by Crippen LogP contribution is 2.23. The van der Waals surface area contributed by atoms with Gasteiger partial charge in [-0.3, -0.25) is 5.32 Å². The first kappa shape index (κ1) is 14.4. The predicted molar refractivity (Wildman–Crippen MR) is 66.7 cm³/mol. The van der Waals surface area contributed by atoms with E-state index in [1.54, 1.807) is 7.11 Å². The Balaban J connectivity index is 2.47. The molecule has 4 heteroatoms. The molecule has 0 amide bonds. The van der Waals surface area contributed by atoms with Crippen molar-refractivity contribution >= 4 is 0 Å². The van der Waals surface area contributed by atoms with E-state index in [1.165, 1.54) is 0 Å². The number of ether oxygens (including phenoxy) is 2. The van der Waals surface area contributed by atoms with Crippen molar-refractivity contribution in [1.29, 1.82) is 5.26 Å². The Bertz CT molecular complexity index is 280. The summed E-state index contributed by atoms with van der Waals surface area (Å²) in [7, 11) is 1.68. The van der Waals surface area contributed by atoms with E-state index in [0.717, 1.165) is 26.0 Å². The highest BCUT2D eigenvalue weighted by molar-refractivity contribution is 5.07. The molecular weight excluding hydrogens is 216 g/mol. The summed E-state index contributed by atoms with van der Waals surface area (Å²) in [6.45, 7) is 7.50. The summed E-state index contributed by atoms with van der Waals surface area (Å²) in [5.41, 5.74) is -0.862. The van der Waals surface area contributed by atoms with Crippen LogP contribution in [0.3, 0.4) is 0 Å². The Labute approximate surface area is 104 Å². The molecule has 0 aliphatic carbocycles. The molecule has 17 heavy (non-hydrogen) atoms. The maximum atomic E-state index is 9.31. The van der Waals surface area contributed by atoms with Crippen LogP contribution in [-0.4, -0.2) is 37.5 Å². The molecule has 4 nitrogen and oxygen atoms in total. The van der Waals surface area contributed by atoms with Crippen molar-refractivity contribution in [3.05, 3.63) is 0 Å². The summed E-state index contributed by atoms with van der Waals surface area (Å²) >= 11 is 0. The largest absolute Gasteiger partial charge is 0.379 e. The fraction of sp³-hybridized carbons (Fsp3) is 0.923. The lowest BCUT2D eigenvalue weighted by Gasteiger charge is -2.33. The van der Waals surface area contributed by atoms with Crippen molar-refractivity contribution in [2.75, 3.05) is 20.3 Å². The molecule has 1 aliphatic heterocycles. The molecule has 0 aromatic carbocycles. The number of nitrogens with one attached hydrogen (secondary N) is 1. The van der Waals surface area contributed by atoms with E-state index < -0.39 is 5.54 Å². The zero-order valence-electron chi connectivity index (χ0n) is 11.4. The quantitative estimate of drug-likeness (QED) is 0.770. The van der Waals surface area contributed by atoms with Crippen LogP contribution in [-0.2, 0) is 9.47 Å². The lowest BCUT2D eigenvalue weighted by atomic mass is 9.88. The molecule has 0 radical (unpaired) electrons. The van der Waals surface area contributed by atoms with Crippen LogP contribution in [0.1, 0.15) is 40.0 Å². The minimum Gasteiger partial charge on any atom is -0.379 e. The smallest absolute Gasteiger partial charge is 0.106 e. The predicted octanol–water partition coefficient (Wildman–Crippen LogP) is 1.85. The molecule has 0 saturated carbocycles. The number of rotatable bonds is 6. The summed E-state index contributed by atoms with van der Waals surface area (Å²) < 4.78 is 10.9. The fourth-order valence-corrected chi connectivity index (χ4v) is 2.21. The van der Waals surface area contributed by atoms with Gasteiger partial charge in [0.05, 0.1) is 17.8 Å². The van der Waals surface area contributed by atoms with Gasteiger partial charge in [-0.05, 0) is 33.6 Å². The lowest BCUT2D eigenvalue weighted by Crippen LogP contribution is -2.49. The van der Waals surface area contributed by atoms with Gasteiger partial charge in [-0.25, -0.2) is 0 Å². The van der Waals surface area contributed by atoms with Gasteiger partial charge in [-0.1, -0.05) is 0 Å². The molecule has 1 heterocycles. The van der Waals surface area contributed by atoms with Crippen LogP contribution in [0.25, 0.3) is 0 Å². The molecule has 0 spiro atoms. The van der Waals surface area contributed by atoms with E-state index in [4.69, 9.17) is 9.47 Å². The molecule has 0 bridgehead atoms. The summed E-state index contributed by atoms with van der Waals surface area (Å²) in [6, 6.07) is 2.35. The zero-order valence-corrected chi connectivity index (χ0v) is 11.4. The van der Waals surface area contributed by atoms with Crippen LogP contribution in [0.2, 0.25) is 0 Å².